The molecule has 0 aromatic carbocycles. The molecule has 1 heterocycles. The summed E-state index contributed by atoms with van der Waals surface area (Å²) in [7, 11) is 0. The lowest BCUT2D eigenvalue weighted by molar-refractivity contribution is 0.236. The SMILES string of the molecule is CSCCN(CC(C)C)CC1CCCN1. The van der Waals surface area contributed by atoms with Gasteiger partial charge in [0.1, 0.15) is 0 Å². The molecular weight excluding hydrogens is 204 g/mol. The van der Waals surface area contributed by atoms with Crippen LogP contribution in [0, 0.1) is 5.92 Å². The average Bonchev–Trinajstić information content (AvgIpc) is 2.66. The molecule has 1 rings (SSSR count). The van der Waals surface area contributed by atoms with Crippen molar-refractivity contribution < 1.29 is 0 Å². The molecule has 90 valence electrons. The van der Waals surface area contributed by atoms with E-state index < -0.39 is 0 Å². The highest BCUT2D eigenvalue weighted by molar-refractivity contribution is 7.98. The Morgan fingerprint density at radius 1 is 1.47 bits per heavy atom. The van der Waals surface area contributed by atoms with Gasteiger partial charge in [0, 0.05) is 31.4 Å². The lowest BCUT2D eigenvalue weighted by atomic mass is 10.1. The van der Waals surface area contributed by atoms with Gasteiger partial charge >= 0.3 is 0 Å². The smallest absolute Gasteiger partial charge is 0.0195 e. The van der Waals surface area contributed by atoms with Crippen LogP contribution in [-0.2, 0) is 0 Å². The van der Waals surface area contributed by atoms with E-state index in [2.05, 4.69) is 30.3 Å². The van der Waals surface area contributed by atoms with Crippen LogP contribution in [0.5, 0.6) is 0 Å². The molecule has 0 saturated carbocycles. The molecule has 0 radical (unpaired) electrons. The molecular formula is C12H26N2S. The molecule has 0 spiro atoms. The van der Waals surface area contributed by atoms with Crippen molar-refractivity contribution in [2.24, 2.45) is 5.92 Å². The standard InChI is InChI=1S/C12H26N2S/c1-11(2)9-14(7-8-15-3)10-12-5-4-6-13-12/h11-13H,4-10H2,1-3H3. The van der Waals surface area contributed by atoms with Crippen molar-refractivity contribution in [1.82, 2.24) is 10.2 Å². The summed E-state index contributed by atoms with van der Waals surface area (Å²) >= 11 is 1.95. The number of hydrogen-bond donors (Lipinski definition) is 1. The van der Waals surface area contributed by atoms with Crippen molar-refractivity contribution in [3.05, 3.63) is 0 Å². The zero-order valence-electron chi connectivity index (χ0n) is 10.5. The Balaban J connectivity index is 2.26. The predicted octanol–water partition coefficient (Wildman–Crippen LogP) is 2.06. The first-order valence-corrected chi connectivity index (χ1v) is 7.56. The van der Waals surface area contributed by atoms with E-state index in [1.54, 1.807) is 0 Å². The van der Waals surface area contributed by atoms with Crippen molar-refractivity contribution >= 4 is 11.8 Å². The van der Waals surface area contributed by atoms with Gasteiger partial charge in [0.2, 0.25) is 0 Å². The topological polar surface area (TPSA) is 15.3 Å². The third kappa shape index (κ3) is 5.79. The number of nitrogens with one attached hydrogen (secondary N) is 1. The minimum atomic E-state index is 0.755. The molecule has 1 N–H and O–H groups in total. The van der Waals surface area contributed by atoms with Crippen LogP contribution in [-0.4, -0.2) is 49.1 Å². The summed E-state index contributed by atoms with van der Waals surface area (Å²) in [4.78, 5) is 2.63. The van der Waals surface area contributed by atoms with Crippen LogP contribution in [0.4, 0.5) is 0 Å². The van der Waals surface area contributed by atoms with E-state index >= 15 is 0 Å². The summed E-state index contributed by atoms with van der Waals surface area (Å²) in [6.07, 6.45) is 4.93. The van der Waals surface area contributed by atoms with Crippen LogP contribution in [0.3, 0.4) is 0 Å². The molecule has 1 saturated heterocycles. The lowest BCUT2D eigenvalue weighted by Gasteiger charge is -2.27. The van der Waals surface area contributed by atoms with E-state index in [9.17, 15) is 0 Å². The molecule has 0 amide bonds. The fraction of sp³-hybridized carbons (Fsp3) is 1.00. The van der Waals surface area contributed by atoms with Gasteiger partial charge in [-0.15, -0.1) is 0 Å². The molecule has 1 fully saturated rings. The van der Waals surface area contributed by atoms with E-state index in [1.165, 1.54) is 44.8 Å². The number of hydrogen-bond acceptors (Lipinski definition) is 3. The Morgan fingerprint density at radius 3 is 2.80 bits per heavy atom. The first-order chi connectivity index (χ1) is 7.22. The van der Waals surface area contributed by atoms with Crippen molar-refractivity contribution in [2.75, 3.05) is 38.2 Å². The number of nitrogens with zero attached hydrogens (tertiary/aromatic N) is 1. The maximum atomic E-state index is 3.59. The maximum absolute atomic E-state index is 3.59. The first kappa shape index (κ1) is 13.3. The highest BCUT2D eigenvalue weighted by Crippen LogP contribution is 2.09. The zero-order valence-corrected chi connectivity index (χ0v) is 11.3. The molecule has 3 heteroatoms. The average molecular weight is 230 g/mol. The van der Waals surface area contributed by atoms with Gasteiger partial charge < -0.3 is 10.2 Å². The Kier molecular flexibility index (Phi) is 6.69. The minimum absolute atomic E-state index is 0.755. The summed E-state index contributed by atoms with van der Waals surface area (Å²) in [5.41, 5.74) is 0. The van der Waals surface area contributed by atoms with Gasteiger partial charge in [-0.2, -0.15) is 11.8 Å². The Morgan fingerprint density at radius 2 is 2.27 bits per heavy atom. The fourth-order valence-electron chi connectivity index (χ4n) is 2.22. The van der Waals surface area contributed by atoms with Gasteiger partial charge in [-0.3, -0.25) is 0 Å². The van der Waals surface area contributed by atoms with Gasteiger partial charge in [0.15, 0.2) is 0 Å². The van der Waals surface area contributed by atoms with E-state index in [0.717, 1.165) is 12.0 Å². The molecule has 0 aromatic heterocycles. The van der Waals surface area contributed by atoms with Crippen LogP contribution in [0.25, 0.3) is 0 Å². The molecule has 15 heavy (non-hydrogen) atoms. The zero-order chi connectivity index (χ0) is 11.1. The van der Waals surface area contributed by atoms with Gasteiger partial charge in [-0.1, -0.05) is 13.8 Å². The molecule has 1 aliphatic rings. The molecule has 0 aliphatic carbocycles. The Labute approximate surface area is 99.2 Å². The second-order valence-electron chi connectivity index (χ2n) is 4.94. The van der Waals surface area contributed by atoms with Crippen LogP contribution in [0.2, 0.25) is 0 Å². The molecule has 2 nitrogen and oxygen atoms in total. The summed E-state index contributed by atoms with van der Waals surface area (Å²) < 4.78 is 0. The molecule has 1 aliphatic heterocycles. The minimum Gasteiger partial charge on any atom is -0.313 e. The van der Waals surface area contributed by atoms with Crippen molar-refractivity contribution in [2.45, 2.75) is 32.7 Å². The van der Waals surface area contributed by atoms with Crippen molar-refractivity contribution in [3.8, 4) is 0 Å². The lowest BCUT2D eigenvalue weighted by Crippen LogP contribution is -2.40. The van der Waals surface area contributed by atoms with Crippen LogP contribution in [0.1, 0.15) is 26.7 Å². The van der Waals surface area contributed by atoms with Gasteiger partial charge in [0.05, 0.1) is 0 Å². The monoisotopic (exact) mass is 230 g/mol. The van der Waals surface area contributed by atoms with Crippen molar-refractivity contribution in [3.63, 3.8) is 0 Å². The van der Waals surface area contributed by atoms with Crippen molar-refractivity contribution in [1.29, 1.82) is 0 Å². The second-order valence-corrected chi connectivity index (χ2v) is 5.93. The van der Waals surface area contributed by atoms with E-state index in [0.29, 0.717) is 0 Å². The highest BCUT2D eigenvalue weighted by atomic mass is 32.2. The number of thioether (sulfide) groups is 1. The van der Waals surface area contributed by atoms with Crippen LogP contribution >= 0.6 is 11.8 Å². The van der Waals surface area contributed by atoms with Gasteiger partial charge in [-0.25, -0.2) is 0 Å². The normalized spacial score (nSPS) is 21.8. The molecule has 0 bridgehead atoms. The summed E-state index contributed by atoms with van der Waals surface area (Å²) in [5, 5.41) is 3.59. The Hall–Kier alpha value is 0.270. The predicted molar refractivity (Wildman–Crippen MR) is 70.7 cm³/mol. The van der Waals surface area contributed by atoms with Gasteiger partial charge in [0.25, 0.3) is 0 Å². The highest BCUT2D eigenvalue weighted by Gasteiger charge is 2.17. The van der Waals surface area contributed by atoms with E-state index in [-0.39, 0.29) is 0 Å². The Bertz CT molecular complexity index is 156. The van der Waals surface area contributed by atoms with Crippen LogP contribution in [0.15, 0.2) is 0 Å². The largest absolute Gasteiger partial charge is 0.313 e. The van der Waals surface area contributed by atoms with Gasteiger partial charge in [-0.05, 0) is 31.6 Å². The third-order valence-electron chi connectivity index (χ3n) is 2.88. The second kappa shape index (κ2) is 7.53. The fourth-order valence-corrected chi connectivity index (χ4v) is 2.66. The summed E-state index contributed by atoms with van der Waals surface area (Å²) in [6, 6.07) is 0.755. The third-order valence-corrected chi connectivity index (χ3v) is 3.47. The van der Waals surface area contributed by atoms with Crippen LogP contribution < -0.4 is 5.32 Å². The first-order valence-electron chi connectivity index (χ1n) is 6.17. The summed E-state index contributed by atoms with van der Waals surface area (Å²) in [5.74, 6) is 2.05. The van der Waals surface area contributed by atoms with E-state index in [1.807, 2.05) is 11.8 Å². The molecule has 0 aromatic rings. The quantitative estimate of drug-likeness (QED) is 0.721. The summed E-state index contributed by atoms with van der Waals surface area (Å²) in [6.45, 7) is 9.60. The maximum Gasteiger partial charge on any atom is 0.0195 e. The number of rotatable bonds is 7. The molecule has 1 unspecified atom stereocenters. The van der Waals surface area contributed by atoms with E-state index in [4.69, 9.17) is 0 Å². The molecule has 1 atom stereocenters.